The van der Waals surface area contributed by atoms with Gasteiger partial charge in [0.05, 0.1) is 11.4 Å². The molecule has 0 atom stereocenters. The van der Waals surface area contributed by atoms with Crippen LogP contribution in [0.3, 0.4) is 0 Å². The minimum Gasteiger partial charge on any atom is -0.390 e. The molecule has 1 aromatic heterocycles. The van der Waals surface area contributed by atoms with Crippen molar-refractivity contribution in [3.05, 3.63) is 70.6 Å². The number of hydrogen-bond donors (Lipinski definition) is 2. The third kappa shape index (κ3) is 2.30. The van der Waals surface area contributed by atoms with Crippen molar-refractivity contribution < 1.29 is 4.84 Å². The first-order valence-corrected chi connectivity index (χ1v) is 7.19. The Labute approximate surface area is 132 Å². The van der Waals surface area contributed by atoms with E-state index in [1.807, 2.05) is 42.5 Å². The van der Waals surface area contributed by atoms with E-state index in [1.54, 1.807) is 17.8 Å². The first-order valence-electron chi connectivity index (χ1n) is 7.19. The zero-order valence-corrected chi connectivity index (χ0v) is 12.4. The standard InChI is InChI=1S/C17H14N4O2/c1-11-18-19-17(22)21(11)15-5-2-12(3-6-15)13-4-7-16-14(10-13)8-9-23-20-16/h2-10,20H,1H3,(H,19,22). The van der Waals surface area contributed by atoms with Gasteiger partial charge in [0.1, 0.15) is 12.1 Å². The number of hydrogen-bond acceptors (Lipinski definition) is 4. The fourth-order valence-corrected chi connectivity index (χ4v) is 2.66. The zero-order chi connectivity index (χ0) is 15.8. The Morgan fingerprint density at radius 2 is 1.87 bits per heavy atom. The molecule has 0 unspecified atom stereocenters. The lowest BCUT2D eigenvalue weighted by molar-refractivity contribution is 0.329. The minimum atomic E-state index is -0.236. The van der Waals surface area contributed by atoms with E-state index in [4.69, 9.17) is 4.84 Å². The van der Waals surface area contributed by atoms with E-state index in [-0.39, 0.29) is 5.69 Å². The number of aromatic amines is 1. The molecule has 4 rings (SSSR count). The van der Waals surface area contributed by atoms with Crippen molar-refractivity contribution in [3.8, 4) is 16.8 Å². The fourth-order valence-electron chi connectivity index (χ4n) is 2.66. The number of fused-ring (bicyclic) bond motifs is 1. The number of nitrogens with zero attached hydrogens (tertiary/aromatic N) is 2. The number of anilines is 1. The molecule has 0 amide bonds. The lowest BCUT2D eigenvalue weighted by atomic mass is 10.0. The molecule has 1 aliphatic heterocycles. The van der Waals surface area contributed by atoms with Crippen molar-refractivity contribution in [2.45, 2.75) is 6.92 Å². The Hall–Kier alpha value is -3.28. The van der Waals surface area contributed by atoms with Gasteiger partial charge in [0.25, 0.3) is 0 Å². The van der Waals surface area contributed by atoms with Gasteiger partial charge in [0, 0.05) is 5.56 Å². The molecule has 3 aromatic rings. The van der Waals surface area contributed by atoms with E-state index in [0.29, 0.717) is 5.82 Å². The quantitative estimate of drug-likeness (QED) is 0.763. The van der Waals surface area contributed by atoms with Crippen LogP contribution in [-0.4, -0.2) is 14.8 Å². The topological polar surface area (TPSA) is 71.9 Å². The summed E-state index contributed by atoms with van der Waals surface area (Å²) in [6.07, 6.45) is 3.53. The summed E-state index contributed by atoms with van der Waals surface area (Å²) in [5.74, 6) is 0.632. The van der Waals surface area contributed by atoms with Gasteiger partial charge < -0.3 is 4.84 Å². The number of nitrogens with one attached hydrogen (secondary N) is 2. The summed E-state index contributed by atoms with van der Waals surface area (Å²) in [6, 6.07) is 13.9. The second-order valence-electron chi connectivity index (χ2n) is 5.28. The van der Waals surface area contributed by atoms with Crippen LogP contribution in [0.1, 0.15) is 11.4 Å². The van der Waals surface area contributed by atoms with Gasteiger partial charge in [-0.1, -0.05) is 18.2 Å². The molecule has 6 nitrogen and oxygen atoms in total. The van der Waals surface area contributed by atoms with Crippen LogP contribution in [0.25, 0.3) is 22.9 Å². The Kier molecular flexibility index (Phi) is 3.01. The van der Waals surface area contributed by atoms with E-state index < -0.39 is 0 Å². The van der Waals surface area contributed by atoms with Gasteiger partial charge in [0.2, 0.25) is 0 Å². The fraction of sp³-hybridized carbons (Fsp3) is 0.0588. The lowest BCUT2D eigenvalue weighted by Gasteiger charge is -2.14. The smallest absolute Gasteiger partial charge is 0.347 e. The summed E-state index contributed by atoms with van der Waals surface area (Å²) in [7, 11) is 0. The third-order valence-corrected chi connectivity index (χ3v) is 3.83. The zero-order valence-electron chi connectivity index (χ0n) is 12.4. The van der Waals surface area contributed by atoms with Gasteiger partial charge in [0.15, 0.2) is 0 Å². The van der Waals surface area contributed by atoms with Crippen LogP contribution in [0, 0.1) is 6.92 Å². The highest BCUT2D eigenvalue weighted by Gasteiger charge is 2.09. The average Bonchev–Trinajstić information content (AvgIpc) is 2.93. The Bertz CT molecular complexity index is 951. The van der Waals surface area contributed by atoms with Gasteiger partial charge in [-0.15, -0.1) is 0 Å². The van der Waals surface area contributed by atoms with E-state index >= 15 is 0 Å². The molecule has 0 saturated heterocycles. The second-order valence-corrected chi connectivity index (χ2v) is 5.28. The highest BCUT2D eigenvalue weighted by atomic mass is 16.6. The molecule has 0 bridgehead atoms. The summed E-state index contributed by atoms with van der Waals surface area (Å²) in [5.41, 5.74) is 7.58. The molecule has 0 radical (unpaired) electrons. The average molecular weight is 306 g/mol. The highest BCUT2D eigenvalue weighted by Crippen LogP contribution is 2.28. The van der Waals surface area contributed by atoms with Gasteiger partial charge in [-0.3, -0.25) is 0 Å². The summed E-state index contributed by atoms with van der Waals surface area (Å²) in [4.78, 5) is 16.8. The molecule has 23 heavy (non-hydrogen) atoms. The van der Waals surface area contributed by atoms with Crippen LogP contribution >= 0.6 is 0 Å². The highest BCUT2D eigenvalue weighted by molar-refractivity contribution is 5.75. The number of aryl methyl sites for hydroxylation is 1. The molecule has 2 heterocycles. The molecule has 0 saturated carbocycles. The van der Waals surface area contributed by atoms with Crippen LogP contribution < -0.4 is 11.2 Å². The summed E-state index contributed by atoms with van der Waals surface area (Å²) in [5, 5.41) is 6.37. The van der Waals surface area contributed by atoms with Crippen LogP contribution in [0.2, 0.25) is 0 Å². The largest absolute Gasteiger partial charge is 0.390 e. The maximum Gasteiger partial charge on any atom is 0.347 e. The Balaban J connectivity index is 1.72. The third-order valence-electron chi connectivity index (χ3n) is 3.83. The van der Waals surface area contributed by atoms with Crippen molar-refractivity contribution in [3.63, 3.8) is 0 Å². The van der Waals surface area contributed by atoms with Crippen molar-refractivity contribution in [2.24, 2.45) is 0 Å². The molecular formula is C17H14N4O2. The number of rotatable bonds is 2. The summed E-state index contributed by atoms with van der Waals surface area (Å²) < 4.78 is 1.54. The van der Waals surface area contributed by atoms with Crippen molar-refractivity contribution in [1.82, 2.24) is 14.8 Å². The van der Waals surface area contributed by atoms with Crippen molar-refractivity contribution in [2.75, 3.05) is 5.48 Å². The first-order chi connectivity index (χ1) is 11.2. The molecule has 0 fully saturated rings. The van der Waals surface area contributed by atoms with E-state index in [9.17, 15) is 4.79 Å². The minimum absolute atomic E-state index is 0.236. The maximum absolute atomic E-state index is 11.8. The normalized spacial score (nSPS) is 12.4. The Morgan fingerprint density at radius 3 is 2.61 bits per heavy atom. The molecule has 0 aliphatic carbocycles. The molecular weight excluding hydrogens is 292 g/mol. The van der Waals surface area contributed by atoms with Crippen LogP contribution in [0.15, 0.2) is 53.5 Å². The van der Waals surface area contributed by atoms with E-state index in [0.717, 1.165) is 28.1 Å². The van der Waals surface area contributed by atoms with Crippen LogP contribution in [-0.2, 0) is 4.84 Å². The molecule has 114 valence electrons. The number of benzene rings is 2. The maximum atomic E-state index is 11.8. The van der Waals surface area contributed by atoms with E-state index in [2.05, 4.69) is 21.7 Å². The SMILES string of the molecule is Cc1n[nH]c(=O)n1-c1ccc(-c2ccc3c(c2)C=CON3)cc1. The second kappa shape index (κ2) is 5.17. The van der Waals surface area contributed by atoms with Crippen LogP contribution in [0.4, 0.5) is 5.69 Å². The lowest BCUT2D eigenvalue weighted by Crippen LogP contribution is -2.15. The Morgan fingerprint density at radius 1 is 1.09 bits per heavy atom. The van der Waals surface area contributed by atoms with Crippen molar-refractivity contribution >= 4 is 11.8 Å². The molecule has 6 heteroatoms. The predicted octanol–water partition coefficient (Wildman–Crippen LogP) is 2.86. The van der Waals surface area contributed by atoms with Crippen molar-refractivity contribution in [1.29, 1.82) is 0 Å². The molecule has 2 aromatic carbocycles. The van der Waals surface area contributed by atoms with Gasteiger partial charge in [-0.05, 0) is 48.4 Å². The van der Waals surface area contributed by atoms with Gasteiger partial charge in [-0.2, -0.15) is 5.10 Å². The van der Waals surface area contributed by atoms with Gasteiger partial charge >= 0.3 is 5.69 Å². The molecule has 0 spiro atoms. The molecule has 2 N–H and O–H groups in total. The number of aromatic nitrogens is 3. The first kappa shape index (κ1) is 13.4. The van der Waals surface area contributed by atoms with Gasteiger partial charge in [-0.25, -0.2) is 19.9 Å². The number of H-pyrrole nitrogens is 1. The van der Waals surface area contributed by atoms with E-state index in [1.165, 1.54) is 0 Å². The monoisotopic (exact) mass is 306 g/mol. The predicted molar refractivity (Wildman–Crippen MR) is 88.1 cm³/mol. The van der Waals surface area contributed by atoms with Crippen LogP contribution in [0.5, 0.6) is 0 Å². The summed E-state index contributed by atoms with van der Waals surface area (Å²) in [6.45, 7) is 1.79. The summed E-state index contributed by atoms with van der Waals surface area (Å²) >= 11 is 0. The molecule has 1 aliphatic rings.